The molecule has 2 aliphatic heterocycles. The Morgan fingerprint density at radius 1 is 0.486 bits per heavy atom. The largest absolute Gasteiger partial charge is 0.376 e. The summed E-state index contributed by atoms with van der Waals surface area (Å²) in [5, 5.41) is 2.51. The molecule has 0 unspecified atom stereocenters. The van der Waals surface area contributed by atoms with Crippen LogP contribution in [0.15, 0.2) is 152 Å². The zero-order valence-corrected chi connectivity index (χ0v) is 45.8. The first-order valence-corrected chi connectivity index (χ1v) is 26.6. The van der Waals surface area contributed by atoms with Crippen LogP contribution in [0.4, 0.5) is 45.5 Å². The van der Waals surface area contributed by atoms with Gasteiger partial charge in [0.1, 0.15) is 0 Å². The molecule has 72 heavy (non-hydrogen) atoms. The van der Waals surface area contributed by atoms with E-state index in [0.29, 0.717) is 0 Å². The highest BCUT2D eigenvalue weighted by Gasteiger charge is 2.47. The summed E-state index contributed by atoms with van der Waals surface area (Å²) >= 11 is 0. The Hall–Kier alpha value is -6.52. The molecule has 8 aromatic carbocycles. The van der Waals surface area contributed by atoms with E-state index in [0.717, 1.165) is 23.5 Å². The van der Waals surface area contributed by atoms with Crippen LogP contribution >= 0.6 is 0 Å². The minimum Gasteiger partial charge on any atom is -0.376 e. The van der Waals surface area contributed by atoms with E-state index >= 15 is 0 Å². The molecule has 0 saturated heterocycles. The van der Waals surface area contributed by atoms with Crippen molar-refractivity contribution < 1.29 is 0 Å². The summed E-state index contributed by atoms with van der Waals surface area (Å²) in [7, 11) is 0. The number of aryl methyl sites for hydroxylation is 2. The lowest BCUT2D eigenvalue weighted by atomic mass is 9.43. The smallest absolute Gasteiger partial charge is 0.333 e. The standard InChI is InChI=1S/C68H74BN3/c1-43-38-55-54-34-20-45-18-16-17-19-53(45)63(54)72(51-31-25-48(26-32-51)66(9,10)11)69-58-35-33-52(70(49-27-21-46(22-28-49)64(3,4)5)50-29-23-47(24-30-50)65(6,7)8)41-60(58)71(61(39-43)62(55)69)59-42-57-56(40-44(59)2)67(12,13)36-37-68(57,14)15/h16-35,38-42H,36-37H2,1-15H3. The maximum Gasteiger partial charge on any atom is 0.333 e. The van der Waals surface area contributed by atoms with E-state index in [2.05, 4.69) is 270 Å². The first-order chi connectivity index (χ1) is 33.9. The first-order valence-electron chi connectivity index (χ1n) is 26.6. The second-order valence-electron chi connectivity index (χ2n) is 26.0. The molecule has 0 atom stereocenters. The van der Waals surface area contributed by atoms with E-state index in [4.69, 9.17) is 0 Å². The van der Waals surface area contributed by atoms with Crippen molar-refractivity contribution in [1.82, 2.24) is 0 Å². The number of fused-ring (bicyclic) bond motifs is 7. The molecule has 2 heterocycles. The Bertz CT molecular complexity index is 3370. The highest BCUT2D eigenvalue weighted by Crippen LogP contribution is 2.53. The lowest BCUT2D eigenvalue weighted by molar-refractivity contribution is 0.332. The van der Waals surface area contributed by atoms with Crippen LogP contribution in [0.1, 0.15) is 142 Å². The van der Waals surface area contributed by atoms with E-state index in [1.54, 1.807) is 0 Å². The second-order valence-corrected chi connectivity index (χ2v) is 26.0. The summed E-state index contributed by atoms with van der Waals surface area (Å²) in [6.45, 7) is 35.1. The fraction of sp³-hybridized carbons (Fsp3) is 0.324. The summed E-state index contributed by atoms with van der Waals surface area (Å²) in [6, 6.07) is 59.3. The molecular weight excluding hydrogens is 870 g/mol. The number of benzene rings is 8. The molecule has 0 N–H and O–H groups in total. The lowest BCUT2D eigenvalue weighted by Gasteiger charge is -2.47. The Kier molecular flexibility index (Phi) is 11.0. The van der Waals surface area contributed by atoms with Gasteiger partial charge in [-0.15, -0.1) is 0 Å². The van der Waals surface area contributed by atoms with E-state index in [9.17, 15) is 0 Å². The van der Waals surface area contributed by atoms with Gasteiger partial charge in [0.2, 0.25) is 0 Å². The van der Waals surface area contributed by atoms with Crippen molar-refractivity contribution in [3.8, 4) is 11.1 Å². The summed E-state index contributed by atoms with van der Waals surface area (Å²) in [5.74, 6) is 0. The predicted molar refractivity (Wildman–Crippen MR) is 313 cm³/mol. The van der Waals surface area contributed by atoms with Crippen molar-refractivity contribution in [3.05, 3.63) is 191 Å². The Balaban J connectivity index is 1.23. The van der Waals surface area contributed by atoms with Gasteiger partial charge >= 0.3 is 6.85 Å². The van der Waals surface area contributed by atoms with Crippen LogP contribution in [-0.4, -0.2) is 6.85 Å². The highest BCUT2D eigenvalue weighted by atomic mass is 15.2. The van der Waals surface area contributed by atoms with Gasteiger partial charge in [0.25, 0.3) is 0 Å². The van der Waals surface area contributed by atoms with Gasteiger partial charge < -0.3 is 14.6 Å². The SMILES string of the molecule is Cc1cc2c3c(c1)N(c1cc4c(cc1C)C(C)(C)CCC4(C)C)c1cc(N(c4ccc(C(C)(C)C)cc4)c4ccc(C(C)(C)C)cc4)ccc1B3N(c1ccc(C(C)(C)C)cc1)c1c-2ccc2ccccc12. The summed E-state index contributed by atoms with van der Waals surface area (Å²) < 4.78 is 0. The number of hydrogen-bond acceptors (Lipinski definition) is 3. The fourth-order valence-electron chi connectivity index (χ4n) is 12.3. The van der Waals surface area contributed by atoms with Gasteiger partial charge in [-0.05, 0) is 175 Å². The molecule has 3 nitrogen and oxygen atoms in total. The van der Waals surface area contributed by atoms with Crippen LogP contribution in [0, 0.1) is 13.8 Å². The van der Waals surface area contributed by atoms with Crippen LogP contribution in [0.5, 0.6) is 0 Å². The second kappa shape index (κ2) is 16.5. The summed E-state index contributed by atoms with van der Waals surface area (Å²) in [4.78, 5) is 7.85. The maximum atomic E-state index is 2.70. The van der Waals surface area contributed by atoms with Gasteiger partial charge in [-0.2, -0.15) is 0 Å². The van der Waals surface area contributed by atoms with Gasteiger partial charge in [-0.3, -0.25) is 0 Å². The van der Waals surface area contributed by atoms with Gasteiger partial charge in [-0.25, -0.2) is 0 Å². The molecule has 0 saturated carbocycles. The van der Waals surface area contributed by atoms with Crippen LogP contribution < -0.4 is 25.5 Å². The average Bonchev–Trinajstić information content (AvgIpc) is 3.32. The molecule has 8 aromatic rings. The summed E-state index contributed by atoms with van der Waals surface area (Å²) in [5.41, 5.74) is 24.5. The Morgan fingerprint density at radius 2 is 1.01 bits per heavy atom. The number of hydrogen-bond donors (Lipinski definition) is 0. The van der Waals surface area contributed by atoms with Crippen molar-refractivity contribution in [2.75, 3.05) is 14.6 Å². The Labute approximate surface area is 432 Å². The molecule has 0 radical (unpaired) electrons. The van der Waals surface area contributed by atoms with Crippen LogP contribution in [0.2, 0.25) is 0 Å². The van der Waals surface area contributed by atoms with E-state index in [1.165, 1.54) is 107 Å². The van der Waals surface area contributed by atoms with Gasteiger partial charge in [0, 0.05) is 56.4 Å². The molecule has 0 amide bonds. The number of nitrogens with zero attached hydrogens (tertiary/aromatic N) is 3. The maximum absolute atomic E-state index is 2.70. The first kappa shape index (κ1) is 47.8. The Morgan fingerprint density at radius 3 is 1.58 bits per heavy atom. The zero-order valence-electron chi connectivity index (χ0n) is 45.8. The van der Waals surface area contributed by atoms with Crippen molar-refractivity contribution in [2.45, 2.75) is 144 Å². The predicted octanol–water partition coefficient (Wildman–Crippen LogP) is 17.9. The normalized spacial score (nSPS) is 15.7. The van der Waals surface area contributed by atoms with Crippen LogP contribution in [0.25, 0.3) is 21.9 Å². The molecule has 0 spiro atoms. The quantitative estimate of drug-likeness (QED) is 0.159. The van der Waals surface area contributed by atoms with Crippen molar-refractivity contribution in [2.24, 2.45) is 0 Å². The van der Waals surface area contributed by atoms with E-state index < -0.39 is 0 Å². The molecular formula is C68H74BN3. The van der Waals surface area contributed by atoms with E-state index in [1.807, 2.05) is 0 Å². The van der Waals surface area contributed by atoms with Gasteiger partial charge in [-0.1, -0.05) is 181 Å². The number of anilines is 8. The molecule has 364 valence electrons. The van der Waals surface area contributed by atoms with E-state index in [-0.39, 0.29) is 33.9 Å². The zero-order chi connectivity index (χ0) is 51.0. The minimum atomic E-state index is -0.117. The van der Waals surface area contributed by atoms with Gasteiger partial charge in [0.15, 0.2) is 0 Å². The third-order valence-electron chi connectivity index (χ3n) is 16.7. The molecule has 4 heteroatoms. The molecule has 0 bridgehead atoms. The average molecular weight is 944 g/mol. The fourth-order valence-corrected chi connectivity index (χ4v) is 12.3. The monoisotopic (exact) mass is 944 g/mol. The van der Waals surface area contributed by atoms with Crippen molar-refractivity contribution >= 4 is 74.0 Å². The van der Waals surface area contributed by atoms with Crippen molar-refractivity contribution in [3.63, 3.8) is 0 Å². The number of rotatable bonds is 5. The summed E-state index contributed by atoms with van der Waals surface area (Å²) in [6.07, 6.45) is 2.33. The molecule has 3 aliphatic rings. The molecule has 0 fully saturated rings. The molecule has 1 aliphatic carbocycles. The topological polar surface area (TPSA) is 9.72 Å². The highest BCUT2D eigenvalue weighted by molar-refractivity contribution is 6.93. The molecule has 0 aromatic heterocycles. The van der Waals surface area contributed by atoms with Crippen LogP contribution in [-0.2, 0) is 27.1 Å². The van der Waals surface area contributed by atoms with Gasteiger partial charge in [0.05, 0.1) is 0 Å². The molecule has 11 rings (SSSR count). The minimum absolute atomic E-state index is 0.0270. The van der Waals surface area contributed by atoms with Crippen molar-refractivity contribution in [1.29, 1.82) is 0 Å². The third kappa shape index (κ3) is 7.87. The lowest BCUT2D eigenvalue weighted by Crippen LogP contribution is -2.61. The third-order valence-corrected chi connectivity index (χ3v) is 16.7. The van der Waals surface area contributed by atoms with Crippen LogP contribution in [0.3, 0.4) is 0 Å².